The van der Waals surface area contributed by atoms with Gasteiger partial charge in [-0.15, -0.1) is 0 Å². The lowest BCUT2D eigenvalue weighted by Crippen LogP contribution is -2.03. The van der Waals surface area contributed by atoms with Crippen LogP contribution in [0.2, 0.25) is 5.02 Å². The molecule has 1 aromatic heterocycles. The van der Waals surface area contributed by atoms with Crippen LogP contribution < -0.4 is 14.2 Å². The molecule has 0 bridgehead atoms. The van der Waals surface area contributed by atoms with Gasteiger partial charge in [-0.3, -0.25) is 4.79 Å². The Balaban J connectivity index is 1.82. The molecular formula is C20H14ClF2NO4. The first-order valence-electron chi connectivity index (χ1n) is 7.98. The number of rotatable bonds is 6. The molecule has 0 aliphatic carbocycles. The first-order valence-corrected chi connectivity index (χ1v) is 8.36. The predicted molar refractivity (Wildman–Crippen MR) is 98.7 cm³/mol. The van der Waals surface area contributed by atoms with Crippen molar-refractivity contribution in [3.8, 4) is 23.1 Å². The summed E-state index contributed by atoms with van der Waals surface area (Å²) in [5, 5.41) is -0.232. The molecule has 0 spiro atoms. The fraction of sp³-hybridized carbons (Fsp3) is 0.100. The molecule has 0 N–H and O–H groups in total. The monoisotopic (exact) mass is 405 g/mol. The number of benzene rings is 2. The fourth-order valence-electron chi connectivity index (χ4n) is 2.45. The van der Waals surface area contributed by atoms with Crippen LogP contribution in [0.5, 0.6) is 23.1 Å². The highest BCUT2D eigenvalue weighted by molar-refractivity contribution is 6.32. The highest BCUT2D eigenvalue weighted by Gasteiger charge is 2.16. The molecule has 0 fully saturated rings. The first kappa shape index (κ1) is 19.6. The number of nitrogens with zero attached hydrogens (tertiary/aromatic N) is 1. The third-order valence-corrected chi connectivity index (χ3v) is 4.09. The molecule has 8 heteroatoms. The van der Waals surface area contributed by atoms with E-state index in [1.165, 1.54) is 32.5 Å². The number of ether oxygens (including phenoxy) is 3. The zero-order valence-corrected chi connectivity index (χ0v) is 15.6. The number of pyridine rings is 1. The second-order valence-corrected chi connectivity index (χ2v) is 5.99. The summed E-state index contributed by atoms with van der Waals surface area (Å²) in [4.78, 5) is 16.6. The third-order valence-electron chi connectivity index (χ3n) is 3.81. The summed E-state index contributed by atoms with van der Waals surface area (Å²) in [6, 6.07) is 9.20. The van der Waals surface area contributed by atoms with Crippen LogP contribution in [0, 0.1) is 11.6 Å². The second-order valence-electron chi connectivity index (χ2n) is 5.58. The Kier molecular flexibility index (Phi) is 5.75. The van der Waals surface area contributed by atoms with Gasteiger partial charge in [-0.05, 0) is 30.3 Å². The van der Waals surface area contributed by atoms with E-state index in [1.807, 2.05) is 0 Å². The van der Waals surface area contributed by atoms with Gasteiger partial charge in [-0.1, -0.05) is 11.6 Å². The van der Waals surface area contributed by atoms with Gasteiger partial charge in [0.2, 0.25) is 5.88 Å². The van der Waals surface area contributed by atoms with E-state index in [4.69, 9.17) is 25.8 Å². The van der Waals surface area contributed by atoms with E-state index in [0.717, 1.165) is 6.07 Å². The smallest absolute Gasteiger partial charge is 0.219 e. The summed E-state index contributed by atoms with van der Waals surface area (Å²) in [6.07, 6.45) is 1.28. The van der Waals surface area contributed by atoms with Crippen molar-refractivity contribution in [2.75, 3.05) is 14.2 Å². The van der Waals surface area contributed by atoms with Gasteiger partial charge in [-0.25, -0.2) is 13.8 Å². The predicted octanol–water partition coefficient (Wildman–Crippen LogP) is 5.05. The molecule has 0 aliphatic rings. The van der Waals surface area contributed by atoms with Crippen molar-refractivity contribution >= 4 is 17.4 Å². The minimum absolute atomic E-state index is 0.00345. The normalized spacial score (nSPS) is 10.5. The number of aromatic nitrogens is 1. The lowest BCUT2D eigenvalue weighted by molar-refractivity contribution is 0.103. The van der Waals surface area contributed by atoms with Crippen LogP contribution in [0.3, 0.4) is 0 Å². The highest BCUT2D eigenvalue weighted by Crippen LogP contribution is 2.32. The molecule has 0 saturated carbocycles. The van der Waals surface area contributed by atoms with Crippen molar-refractivity contribution in [2.45, 2.75) is 0 Å². The molecule has 3 aromatic rings. The van der Waals surface area contributed by atoms with Crippen LogP contribution in [0.25, 0.3) is 0 Å². The Morgan fingerprint density at radius 2 is 1.68 bits per heavy atom. The van der Waals surface area contributed by atoms with E-state index in [9.17, 15) is 13.6 Å². The van der Waals surface area contributed by atoms with E-state index >= 15 is 0 Å². The highest BCUT2D eigenvalue weighted by atomic mass is 35.5. The molecular weight excluding hydrogens is 392 g/mol. The molecule has 5 nitrogen and oxygen atoms in total. The Labute approximate surface area is 164 Å². The van der Waals surface area contributed by atoms with Crippen molar-refractivity contribution in [1.82, 2.24) is 4.98 Å². The van der Waals surface area contributed by atoms with Gasteiger partial charge in [0.1, 0.15) is 5.82 Å². The molecule has 2 aromatic carbocycles. The second kappa shape index (κ2) is 8.22. The summed E-state index contributed by atoms with van der Waals surface area (Å²) in [5.74, 6) is -1.52. The minimum Gasteiger partial charge on any atom is -0.493 e. The maximum atomic E-state index is 13.8. The maximum absolute atomic E-state index is 13.8. The summed E-state index contributed by atoms with van der Waals surface area (Å²) in [7, 11) is 2.97. The number of carbonyl (C=O) groups is 1. The molecule has 0 saturated heterocycles. The van der Waals surface area contributed by atoms with Crippen LogP contribution in [0.15, 0.2) is 48.7 Å². The van der Waals surface area contributed by atoms with Crippen molar-refractivity contribution in [2.24, 2.45) is 0 Å². The molecule has 1 heterocycles. The van der Waals surface area contributed by atoms with Crippen LogP contribution in [-0.4, -0.2) is 25.0 Å². The molecule has 144 valence electrons. The van der Waals surface area contributed by atoms with E-state index in [1.54, 1.807) is 18.2 Å². The Hall–Kier alpha value is -3.19. The molecule has 0 atom stereocenters. The average molecular weight is 406 g/mol. The SMILES string of the molecule is COc1ccc(C(=O)c2ccc(Oc3c(F)cc(F)cc3Cl)nc2)cc1OC. The topological polar surface area (TPSA) is 57.7 Å². The molecule has 0 radical (unpaired) electrons. The lowest BCUT2D eigenvalue weighted by Gasteiger charge is -2.10. The zero-order chi connectivity index (χ0) is 20.3. The van der Waals surface area contributed by atoms with Crippen LogP contribution in [0.4, 0.5) is 8.78 Å². The molecule has 28 heavy (non-hydrogen) atoms. The minimum atomic E-state index is -0.961. The number of hydrogen-bond donors (Lipinski definition) is 0. The first-order chi connectivity index (χ1) is 13.4. The van der Waals surface area contributed by atoms with Gasteiger partial charge in [-0.2, -0.15) is 0 Å². The van der Waals surface area contributed by atoms with Gasteiger partial charge in [0, 0.05) is 29.5 Å². The van der Waals surface area contributed by atoms with Crippen molar-refractivity contribution in [3.63, 3.8) is 0 Å². The average Bonchev–Trinajstić information content (AvgIpc) is 2.70. The largest absolute Gasteiger partial charge is 0.493 e. The lowest BCUT2D eigenvalue weighted by atomic mass is 10.0. The molecule has 0 aliphatic heterocycles. The van der Waals surface area contributed by atoms with Crippen LogP contribution >= 0.6 is 11.6 Å². The van der Waals surface area contributed by atoms with Gasteiger partial charge < -0.3 is 14.2 Å². The number of carbonyl (C=O) groups excluding carboxylic acids is 1. The summed E-state index contributed by atoms with van der Waals surface area (Å²) in [5.41, 5.74) is 0.658. The number of hydrogen-bond acceptors (Lipinski definition) is 5. The summed E-state index contributed by atoms with van der Waals surface area (Å²) >= 11 is 5.79. The van der Waals surface area contributed by atoms with Crippen LogP contribution in [-0.2, 0) is 0 Å². The maximum Gasteiger partial charge on any atom is 0.219 e. The van der Waals surface area contributed by atoms with Gasteiger partial charge in [0.05, 0.1) is 19.2 Å². The standard InChI is InChI=1S/C20H14ClF2NO4/c1-26-16-5-3-11(7-17(16)27-2)19(25)12-4-6-18(24-10-12)28-20-14(21)8-13(22)9-15(20)23/h3-10H,1-2H3. The third kappa shape index (κ3) is 4.04. The van der Waals surface area contributed by atoms with Gasteiger partial charge >= 0.3 is 0 Å². The zero-order valence-electron chi connectivity index (χ0n) is 14.8. The Bertz CT molecular complexity index is 1000. The van der Waals surface area contributed by atoms with E-state index in [2.05, 4.69) is 4.98 Å². The quantitative estimate of drug-likeness (QED) is 0.537. The summed E-state index contributed by atoms with van der Waals surface area (Å²) < 4.78 is 42.5. The molecule has 3 rings (SSSR count). The van der Waals surface area contributed by atoms with Crippen molar-refractivity contribution in [1.29, 1.82) is 0 Å². The number of halogens is 3. The van der Waals surface area contributed by atoms with E-state index in [0.29, 0.717) is 23.1 Å². The molecule has 0 unspecified atom stereocenters. The van der Waals surface area contributed by atoms with E-state index in [-0.39, 0.29) is 28.0 Å². The van der Waals surface area contributed by atoms with Crippen molar-refractivity contribution in [3.05, 3.63) is 76.4 Å². The Morgan fingerprint density at radius 1 is 0.964 bits per heavy atom. The molecule has 0 amide bonds. The van der Waals surface area contributed by atoms with Crippen LogP contribution in [0.1, 0.15) is 15.9 Å². The van der Waals surface area contributed by atoms with Gasteiger partial charge in [0.25, 0.3) is 0 Å². The van der Waals surface area contributed by atoms with E-state index < -0.39 is 11.6 Å². The van der Waals surface area contributed by atoms with Gasteiger partial charge in [0.15, 0.2) is 28.8 Å². The van der Waals surface area contributed by atoms with Crippen molar-refractivity contribution < 1.29 is 27.8 Å². The number of ketones is 1. The summed E-state index contributed by atoms with van der Waals surface area (Å²) in [6.45, 7) is 0. The number of methoxy groups -OCH3 is 2. The Morgan fingerprint density at radius 3 is 2.29 bits per heavy atom. The fourth-order valence-corrected chi connectivity index (χ4v) is 2.68.